The van der Waals surface area contributed by atoms with Crippen LogP contribution in [0.5, 0.6) is 0 Å². The molecule has 0 aromatic rings. The van der Waals surface area contributed by atoms with Crippen LogP contribution in [-0.2, 0) is 14.6 Å². The molecule has 1 N–H and O–H groups in total. The normalized spacial score (nSPS) is 13.8. The van der Waals surface area contributed by atoms with Crippen molar-refractivity contribution in [3.63, 3.8) is 0 Å². The number of carboxylic acid groups (broad SMARTS) is 1. The highest BCUT2D eigenvalue weighted by molar-refractivity contribution is 5.72. The SMILES string of the molecule is CCCCCC(OOC(C)(C)CC)C(=O)O. The summed E-state index contributed by atoms with van der Waals surface area (Å²) in [5.41, 5.74) is -0.432. The highest BCUT2D eigenvalue weighted by atomic mass is 17.2. The van der Waals surface area contributed by atoms with E-state index in [0.29, 0.717) is 6.42 Å². The maximum absolute atomic E-state index is 10.9. The van der Waals surface area contributed by atoms with Gasteiger partial charge in [0.15, 0.2) is 6.10 Å². The third kappa shape index (κ3) is 6.80. The summed E-state index contributed by atoms with van der Waals surface area (Å²) in [7, 11) is 0. The molecule has 0 fully saturated rings. The fourth-order valence-corrected chi connectivity index (χ4v) is 1.04. The van der Waals surface area contributed by atoms with Crippen LogP contribution < -0.4 is 0 Å². The minimum atomic E-state index is -0.956. The maximum atomic E-state index is 10.9. The molecule has 0 aromatic heterocycles. The Balaban J connectivity index is 3.99. The van der Waals surface area contributed by atoms with Gasteiger partial charge in [-0.3, -0.25) is 0 Å². The number of hydrogen-bond donors (Lipinski definition) is 1. The molecule has 0 bridgehead atoms. The lowest BCUT2D eigenvalue weighted by atomic mass is 10.1. The van der Waals surface area contributed by atoms with E-state index in [0.717, 1.165) is 25.7 Å². The minimum Gasteiger partial charge on any atom is -0.479 e. The fourth-order valence-electron chi connectivity index (χ4n) is 1.04. The molecule has 0 amide bonds. The molecule has 0 heterocycles. The highest BCUT2D eigenvalue weighted by Crippen LogP contribution is 2.17. The van der Waals surface area contributed by atoms with Crippen molar-refractivity contribution in [3.8, 4) is 0 Å². The van der Waals surface area contributed by atoms with Gasteiger partial charge in [-0.1, -0.05) is 33.1 Å². The number of hydrogen-bond acceptors (Lipinski definition) is 3. The van der Waals surface area contributed by atoms with Gasteiger partial charge in [0.1, 0.15) is 0 Å². The first-order valence-corrected chi connectivity index (χ1v) is 6.00. The maximum Gasteiger partial charge on any atom is 0.336 e. The zero-order valence-electron chi connectivity index (χ0n) is 10.8. The van der Waals surface area contributed by atoms with Crippen LogP contribution in [0.4, 0.5) is 0 Å². The first kappa shape index (κ1) is 15.4. The van der Waals surface area contributed by atoms with Crippen molar-refractivity contribution < 1.29 is 19.7 Å². The van der Waals surface area contributed by atoms with Gasteiger partial charge in [-0.2, -0.15) is 0 Å². The van der Waals surface area contributed by atoms with E-state index >= 15 is 0 Å². The van der Waals surface area contributed by atoms with E-state index in [1.54, 1.807) is 0 Å². The summed E-state index contributed by atoms with van der Waals surface area (Å²) in [6, 6.07) is 0. The van der Waals surface area contributed by atoms with Gasteiger partial charge in [0, 0.05) is 0 Å². The van der Waals surface area contributed by atoms with Crippen LogP contribution in [0.25, 0.3) is 0 Å². The van der Waals surface area contributed by atoms with Crippen molar-refractivity contribution in [2.24, 2.45) is 0 Å². The average Bonchev–Trinajstić information content (AvgIpc) is 2.22. The number of unbranched alkanes of at least 4 members (excludes halogenated alkanes) is 2. The Bertz CT molecular complexity index is 201. The van der Waals surface area contributed by atoms with E-state index in [-0.39, 0.29) is 0 Å². The van der Waals surface area contributed by atoms with Gasteiger partial charge in [0.25, 0.3) is 0 Å². The summed E-state index contributed by atoms with van der Waals surface area (Å²) in [6.07, 6.45) is 3.36. The molecular weight excluding hydrogens is 208 g/mol. The van der Waals surface area contributed by atoms with E-state index in [9.17, 15) is 4.79 Å². The second kappa shape index (κ2) is 7.63. The van der Waals surface area contributed by atoms with Crippen molar-refractivity contribution in [2.45, 2.75) is 71.5 Å². The molecule has 0 spiro atoms. The lowest BCUT2D eigenvalue weighted by Gasteiger charge is -2.23. The molecule has 0 saturated heterocycles. The molecule has 0 aromatic carbocycles. The Morgan fingerprint density at radius 2 is 1.94 bits per heavy atom. The van der Waals surface area contributed by atoms with Crippen LogP contribution in [0.1, 0.15) is 59.8 Å². The minimum absolute atomic E-state index is 0.432. The lowest BCUT2D eigenvalue weighted by Crippen LogP contribution is -2.31. The summed E-state index contributed by atoms with van der Waals surface area (Å²) in [6.45, 7) is 7.79. The first-order chi connectivity index (χ1) is 7.43. The Morgan fingerprint density at radius 3 is 2.38 bits per heavy atom. The monoisotopic (exact) mass is 232 g/mol. The van der Waals surface area contributed by atoms with Crippen LogP contribution in [0, 0.1) is 0 Å². The van der Waals surface area contributed by atoms with Crippen molar-refractivity contribution in [2.75, 3.05) is 0 Å². The smallest absolute Gasteiger partial charge is 0.336 e. The van der Waals surface area contributed by atoms with Crippen LogP contribution in [-0.4, -0.2) is 22.8 Å². The van der Waals surface area contributed by atoms with Gasteiger partial charge < -0.3 is 5.11 Å². The van der Waals surface area contributed by atoms with Crippen LogP contribution in [0.3, 0.4) is 0 Å². The van der Waals surface area contributed by atoms with Gasteiger partial charge in [-0.15, -0.1) is 0 Å². The summed E-state index contributed by atoms with van der Waals surface area (Å²) in [5.74, 6) is -0.956. The second-order valence-electron chi connectivity index (χ2n) is 4.62. The first-order valence-electron chi connectivity index (χ1n) is 6.00. The zero-order chi connectivity index (χ0) is 12.6. The average molecular weight is 232 g/mol. The van der Waals surface area contributed by atoms with Gasteiger partial charge in [0.2, 0.25) is 0 Å². The zero-order valence-corrected chi connectivity index (χ0v) is 10.8. The number of rotatable bonds is 9. The highest BCUT2D eigenvalue weighted by Gasteiger charge is 2.24. The number of aliphatic carboxylic acids is 1. The summed E-state index contributed by atoms with van der Waals surface area (Å²) >= 11 is 0. The standard InChI is InChI=1S/C12H24O4/c1-5-7-8-9-10(11(13)14)15-16-12(3,4)6-2/h10H,5-9H2,1-4H3,(H,13,14). The topological polar surface area (TPSA) is 55.8 Å². The molecule has 4 nitrogen and oxygen atoms in total. The second-order valence-corrected chi connectivity index (χ2v) is 4.62. The predicted molar refractivity (Wildman–Crippen MR) is 62.1 cm³/mol. The predicted octanol–water partition coefficient (Wildman–Crippen LogP) is 3.16. The van der Waals surface area contributed by atoms with Crippen molar-refractivity contribution in [3.05, 3.63) is 0 Å². The lowest BCUT2D eigenvalue weighted by molar-refractivity contribution is -0.373. The van der Waals surface area contributed by atoms with E-state index in [1.807, 2.05) is 20.8 Å². The Labute approximate surface area is 97.9 Å². The van der Waals surface area contributed by atoms with Gasteiger partial charge in [0.05, 0.1) is 5.60 Å². The molecule has 0 radical (unpaired) electrons. The molecule has 4 heteroatoms. The molecule has 0 saturated carbocycles. The summed E-state index contributed by atoms with van der Waals surface area (Å²) < 4.78 is 0. The van der Waals surface area contributed by atoms with Crippen molar-refractivity contribution in [1.82, 2.24) is 0 Å². The Kier molecular flexibility index (Phi) is 7.34. The van der Waals surface area contributed by atoms with Gasteiger partial charge in [-0.25, -0.2) is 14.6 Å². The summed E-state index contributed by atoms with van der Waals surface area (Å²) in [4.78, 5) is 21.1. The molecule has 1 atom stereocenters. The number of carbonyl (C=O) groups is 1. The van der Waals surface area contributed by atoms with E-state index in [2.05, 4.69) is 6.92 Å². The van der Waals surface area contributed by atoms with Gasteiger partial charge >= 0.3 is 5.97 Å². The molecule has 0 rings (SSSR count). The van der Waals surface area contributed by atoms with Crippen LogP contribution in [0.15, 0.2) is 0 Å². The Hall–Kier alpha value is -0.610. The molecule has 0 aliphatic heterocycles. The van der Waals surface area contributed by atoms with E-state index < -0.39 is 17.7 Å². The summed E-state index contributed by atoms with van der Waals surface area (Å²) in [5, 5.41) is 8.94. The van der Waals surface area contributed by atoms with E-state index in [1.165, 1.54) is 0 Å². The van der Waals surface area contributed by atoms with Crippen LogP contribution in [0.2, 0.25) is 0 Å². The molecule has 1 unspecified atom stereocenters. The van der Waals surface area contributed by atoms with Crippen LogP contribution >= 0.6 is 0 Å². The molecule has 16 heavy (non-hydrogen) atoms. The number of carboxylic acids is 1. The molecular formula is C12H24O4. The quantitative estimate of drug-likeness (QED) is 0.377. The molecule has 0 aliphatic carbocycles. The largest absolute Gasteiger partial charge is 0.479 e. The molecule has 96 valence electrons. The fraction of sp³-hybridized carbons (Fsp3) is 0.917. The Morgan fingerprint density at radius 1 is 1.31 bits per heavy atom. The molecule has 0 aliphatic rings. The van der Waals surface area contributed by atoms with Crippen molar-refractivity contribution in [1.29, 1.82) is 0 Å². The third-order valence-corrected chi connectivity index (χ3v) is 2.59. The van der Waals surface area contributed by atoms with Crippen molar-refractivity contribution >= 4 is 5.97 Å². The third-order valence-electron chi connectivity index (χ3n) is 2.59. The van der Waals surface area contributed by atoms with E-state index in [4.69, 9.17) is 14.9 Å². The van der Waals surface area contributed by atoms with Gasteiger partial charge in [-0.05, 0) is 26.7 Å².